The Kier molecular flexibility index (Phi) is 3.90. The van der Waals surface area contributed by atoms with E-state index in [1.165, 1.54) is 12.1 Å². The predicted octanol–water partition coefficient (Wildman–Crippen LogP) is 4.06. The quantitative estimate of drug-likeness (QED) is 0.918. The summed E-state index contributed by atoms with van der Waals surface area (Å²) in [6.45, 7) is 2.44. The number of hydrogen-bond acceptors (Lipinski definition) is 1. The third-order valence-electron chi connectivity index (χ3n) is 2.87. The first-order valence-corrected chi connectivity index (χ1v) is 6.31. The standard InChI is InChI=1S/C14H13ClFNO2/c1-2-8-17-11(6-7-12(17)14(18)19)9-4-3-5-10(15)13(9)16/h3-7H,2,8H2,1H3,(H,18,19). The largest absolute Gasteiger partial charge is 0.477 e. The van der Waals surface area contributed by atoms with E-state index in [2.05, 4.69) is 0 Å². The minimum absolute atomic E-state index is 0.0265. The molecule has 1 aromatic carbocycles. The Morgan fingerprint density at radius 1 is 1.37 bits per heavy atom. The van der Waals surface area contributed by atoms with Gasteiger partial charge in [0, 0.05) is 12.1 Å². The molecule has 100 valence electrons. The molecule has 0 radical (unpaired) electrons. The SMILES string of the molecule is CCCn1c(C(=O)O)ccc1-c1cccc(Cl)c1F. The van der Waals surface area contributed by atoms with E-state index in [1.54, 1.807) is 22.8 Å². The highest BCUT2D eigenvalue weighted by Gasteiger charge is 2.17. The fourth-order valence-corrected chi connectivity index (χ4v) is 2.23. The molecule has 0 unspecified atom stereocenters. The van der Waals surface area contributed by atoms with Crippen molar-refractivity contribution in [3.63, 3.8) is 0 Å². The molecule has 0 bridgehead atoms. The van der Waals surface area contributed by atoms with Crippen molar-refractivity contribution in [1.29, 1.82) is 0 Å². The number of aromatic carboxylic acids is 1. The second-order valence-corrected chi connectivity index (χ2v) is 4.57. The fourth-order valence-electron chi connectivity index (χ4n) is 2.06. The van der Waals surface area contributed by atoms with Crippen LogP contribution in [0.2, 0.25) is 5.02 Å². The van der Waals surface area contributed by atoms with Crippen molar-refractivity contribution in [3.05, 3.63) is 46.9 Å². The van der Waals surface area contributed by atoms with Gasteiger partial charge in [0.15, 0.2) is 5.82 Å². The molecular formula is C14H13ClFNO2. The molecule has 0 amide bonds. The van der Waals surface area contributed by atoms with Crippen LogP contribution in [-0.2, 0) is 6.54 Å². The highest BCUT2D eigenvalue weighted by atomic mass is 35.5. The van der Waals surface area contributed by atoms with Gasteiger partial charge in [0.05, 0.1) is 10.7 Å². The van der Waals surface area contributed by atoms with Gasteiger partial charge in [-0.05, 0) is 30.7 Å². The Hall–Kier alpha value is -1.81. The molecule has 0 atom stereocenters. The maximum atomic E-state index is 14.0. The van der Waals surface area contributed by atoms with Crippen LogP contribution in [0.15, 0.2) is 30.3 Å². The van der Waals surface area contributed by atoms with Gasteiger partial charge in [0.2, 0.25) is 0 Å². The summed E-state index contributed by atoms with van der Waals surface area (Å²) in [5.41, 5.74) is 0.990. The second kappa shape index (κ2) is 5.45. The zero-order chi connectivity index (χ0) is 14.0. The molecule has 2 aromatic rings. The van der Waals surface area contributed by atoms with Gasteiger partial charge in [0.25, 0.3) is 0 Å². The van der Waals surface area contributed by atoms with Gasteiger partial charge in [-0.25, -0.2) is 9.18 Å². The fraction of sp³-hybridized carbons (Fsp3) is 0.214. The van der Waals surface area contributed by atoms with Crippen LogP contribution in [0.1, 0.15) is 23.8 Å². The molecule has 5 heteroatoms. The number of hydrogen-bond donors (Lipinski definition) is 1. The average Bonchev–Trinajstić information content (AvgIpc) is 2.77. The van der Waals surface area contributed by atoms with Crippen LogP contribution < -0.4 is 0 Å². The first-order chi connectivity index (χ1) is 9.06. The Balaban J connectivity index is 2.62. The zero-order valence-corrected chi connectivity index (χ0v) is 11.1. The number of nitrogens with zero attached hydrogens (tertiary/aromatic N) is 1. The van der Waals surface area contributed by atoms with Crippen molar-refractivity contribution in [3.8, 4) is 11.3 Å². The molecule has 1 aromatic heterocycles. The van der Waals surface area contributed by atoms with Gasteiger partial charge in [0.1, 0.15) is 5.69 Å². The number of carboxylic acid groups (broad SMARTS) is 1. The van der Waals surface area contributed by atoms with Gasteiger partial charge in [-0.2, -0.15) is 0 Å². The van der Waals surface area contributed by atoms with E-state index in [9.17, 15) is 9.18 Å². The van der Waals surface area contributed by atoms with E-state index in [0.29, 0.717) is 17.8 Å². The lowest BCUT2D eigenvalue weighted by Crippen LogP contribution is -2.09. The van der Waals surface area contributed by atoms with Crippen LogP contribution in [0.5, 0.6) is 0 Å². The number of carboxylic acids is 1. The van der Waals surface area contributed by atoms with Crippen LogP contribution >= 0.6 is 11.6 Å². The maximum absolute atomic E-state index is 14.0. The molecule has 0 spiro atoms. The second-order valence-electron chi connectivity index (χ2n) is 4.16. The lowest BCUT2D eigenvalue weighted by Gasteiger charge is -2.11. The first-order valence-electron chi connectivity index (χ1n) is 5.93. The minimum Gasteiger partial charge on any atom is -0.477 e. The number of aromatic nitrogens is 1. The Bertz CT molecular complexity index is 622. The van der Waals surface area contributed by atoms with Crippen molar-refractivity contribution < 1.29 is 14.3 Å². The summed E-state index contributed by atoms with van der Waals surface area (Å²) in [7, 11) is 0. The molecule has 1 heterocycles. The molecule has 19 heavy (non-hydrogen) atoms. The lowest BCUT2D eigenvalue weighted by molar-refractivity contribution is 0.0685. The van der Waals surface area contributed by atoms with Gasteiger partial charge in [-0.1, -0.05) is 24.6 Å². The molecule has 0 aliphatic heterocycles. The van der Waals surface area contributed by atoms with Crippen LogP contribution in [0.3, 0.4) is 0 Å². The van der Waals surface area contributed by atoms with Crippen LogP contribution in [0.25, 0.3) is 11.3 Å². The maximum Gasteiger partial charge on any atom is 0.352 e. The van der Waals surface area contributed by atoms with Crippen molar-refractivity contribution in [2.75, 3.05) is 0 Å². The van der Waals surface area contributed by atoms with E-state index in [4.69, 9.17) is 16.7 Å². The molecule has 3 nitrogen and oxygen atoms in total. The normalized spacial score (nSPS) is 10.7. The molecule has 1 N–H and O–H groups in total. The van der Waals surface area contributed by atoms with Gasteiger partial charge in [-0.3, -0.25) is 0 Å². The number of halogens is 2. The van der Waals surface area contributed by atoms with Crippen LogP contribution in [0, 0.1) is 5.82 Å². The molecule has 0 aliphatic rings. The predicted molar refractivity (Wildman–Crippen MR) is 72.1 cm³/mol. The summed E-state index contributed by atoms with van der Waals surface area (Å²) in [6, 6.07) is 7.78. The first kappa shape index (κ1) is 13.6. The van der Waals surface area contributed by atoms with Crippen molar-refractivity contribution >= 4 is 17.6 Å². The van der Waals surface area contributed by atoms with Crippen molar-refractivity contribution in [2.24, 2.45) is 0 Å². The highest BCUT2D eigenvalue weighted by molar-refractivity contribution is 6.31. The number of carbonyl (C=O) groups is 1. The Morgan fingerprint density at radius 2 is 2.11 bits per heavy atom. The van der Waals surface area contributed by atoms with Crippen LogP contribution in [0.4, 0.5) is 4.39 Å². The summed E-state index contributed by atoms with van der Waals surface area (Å²) in [6.07, 6.45) is 0.754. The van der Waals surface area contributed by atoms with E-state index in [1.807, 2.05) is 6.92 Å². The van der Waals surface area contributed by atoms with Gasteiger partial charge < -0.3 is 9.67 Å². The summed E-state index contributed by atoms with van der Waals surface area (Å²) in [5.74, 6) is -1.56. The van der Waals surface area contributed by atoms with E-state index in [-0.39, 0.29) is 10.7 Å². The van der Waals surface area contributed by atoms with Crippen LogP contribution in [-0.4, -0.2) is 15.6 Å². The van der Waals surface area contributed by atoms with E-state index in [0.717, 1.165) is 6.42 Å². The smallest absolute Gasteiger partial charge is 0.352 e. The molecule has 0 aliphatic carbocycles. The monoisotopic (exact) mass is 281 g/mol. The third kappa shape index (κ3) is 2.49. The summed E-state index contributed by atoms with van der Waals surface area (Å²) in [5, 5.41) is 9.16. The molecule has 0 saturated carbocycles. The summed E-state index contributed by atoms with van der Waals surface area (Å²) in [4.78, 5) is 11.2. The summed E-state index contributed by atoms with van der Waals surface area (Å²) < 4.78 is 15.6. The van der Waals surface area contributed by atoms with E-state index < -0.39 is 11.8 Å². The molecular weight excluding hydrogens is 269 g/mol. The topological polar surface area (TPSA) is 42.2 Å². The Labute approximate surface area is 115 Å². The number of benzene rings is 1. The third-order valence-corrected chi connectivity index (χ3v) is 3.17. The minimum atomic E-state index is -1.03. The lowest BCUT2D eigenvalue weighted by atomic mass is 10.1. The van der Waals surface area contributed by atoms with Gasteiger partial charge >= 0.3 is 5.97 Å². The number of rotatable bonds is 4. The zero-order valence-electron chi connectivity index (χ0n) is 10.4. The molecule has 0 fully saturated rings. The average molecular weight is 282 g/mol. The van der Waals surface area contributed by atoms with Gasteiger partial charge in [-0.15, -0.1) is 0 Å². The molecule has 0 saturated heterocycles. The Morgan fingerprint density at radius 3 is 2.74 bits per heavy atom. The highest BCUT2D eigenvalue weighted by Crippen LogP contribution is 2.29. The van der Waals surface area contributed by atoms with Crippen molar-refractivity contribution in [1.82, 2.24) is 4.57 Å². The van der Waals surface area contributed by atoms with E-state index >= 15 is 0 Å². The van der Waals surface area contributed by atoms with Crippen molar-refractivity contribution in [2.45, 2.75) is 19.9 Å². The molecule has 2 rings (SSSR count). The summed E-state index contributed by atoms with van der Waals surface area (Å²) >= 11 is 5.76.